The molecule has 1 fully saturated rings. The number of nitrogens with two attached hydrogens (primary N) is 1. The summed E-state index contributed by atoms with van der Waals surface area (Å²) in [4.78, 5) is 12.2. The fourth-order valence-corrected chi connectivity index (χ4v) is 1.64. The van der Waals surface area contributed by atoms with Crippen molar-refractivity contribution in [3.63, 3.8) is 0 Å². The Kier molecular flexibility index (Phi) is 3.25. The summed E-state index contributed by atoms with van der Waals surface area (Å²) in [6.45, 7) is -0.718. The molecule has 15 heavy (non-hydrogen) atoms. The number of alkyl halides is 3. The van der Waals surface area contributed by atoms with Crippen LogP contribution in [0.15, 0.2) is 0 Å². The van der Waals surface area contributed by atoms with Gasteiger partial charge in [-0.2, -0.15) is 13.2 Å². The summed E-state index contributed by atoms with van der Waals surface area (Å²) in [5.41, 5.74) is 2.85. The summed E-state index contributed by atoms with van der Waals surface area (Å²) < 4.78 is 42.5. The molecule has 1 heterocycles. The molecule has 0 radical (unpaired) electrons. The van der Waals surface area contributed by atoms with Crippen molar-refractivity contribution in [1.82, 2.24) is 4.90 Å². The summed E-state index contributed by atoms with van der Waals surface area (Å²) in [6.07, 6.45) is -4.70. The van der Waals surface area contributed by atoms with Crippen molar-refractivity contribution < 1.29 is 22.7 Å². The lowest BCUT2D eigenvalue weighted by Crippen LogP contribution is -2.50. The molecule has 1 aliphatic heterocycles. The first kappa shape index (κ1) is 12.3. The number of ether oxygens (including phenoxy) is 1. The molecule has 1 amide bonds. The van der Waals surface area contributed by atoms with Crippen LogP contribution in [0.1, 0.15) is 6.42 Å². The Labute approximate surface area is 85.2 Å². The van der Waals surface area contributed by atoms with Gasteiger partial charge in [0.15, 0.2) is 5.60 Å². The smallest absolute Gasteiger partial charge is 0.367 e. The number of carbonyl (C=O) groups excluding carboxylic acids is 1. The predicted molar refractivity (Wildman–Crippen MR) is 46.0 cm³/mol. The number of methoxy groups -OCH3 is 1. The van der Waals surface area contributed by atoms with E-state index in [2.05, 4.69) is 4.74 Å². The van der Waals surface area contributed by atoms with E-state index in [0.29, 0.717) is 0 Å². The molecule has 0 unspecified atom stereocenters. The van der Waals surface area contributed by atoms with Crippen molar-refractivity contribution in [2.24, 2.45) is 5.73 Å². The van der Waals surface area contributed by atoms with Crippen molar-refractivity contribution in [2.45, 2.75) is 18.2 Å². The molecule has 0 aromatic rings. The molecule has 0 aromatic carbocycles. The van der Waals surface area contributed by atoms with Crippen LogP contribution in [0, 0.1) is 0 Å². The summed E-state index contributed by atoms with van der Waals surface area (Å²) in [5, 5.41) is 0. The maximum atomic E-state index is 12.7. The number of nitrogens with zero attached hydrogens (tertiary/aromatic N) is 1. The summed E-state index contributed by atoms with van der Waals surface area (Å²) in [5.74, 6) is -0.488. The van der Waals surface area contributed by atoms with E-state index >= 15 is 0 Å². The maximum absolute atomic E-state index is 12.7. The SMILES string of the molecule is CO[C@]1(C(F)(F)F)CCN(C(=O)CN)C1. The molecule has 0 spiro atoms. The fourth-order valence-electron chi connectivity index (χ4n) is 1.64. The average Bonchev–Trinajstić information content (AvgIpc) is 2.61. The third-order valence-electron chi connectivity index (χ3n) is 2.67. The van der Waals surface area contributed by atoms with Gasteiger partial charge in [0.2, 0.25) is 5.91 Å². The molecule has 2 N–H and O–H groups in total. The van der Waals surface area contributed by atoms with Crippen LogP contribution < -0.4 is 5.73 Å². The first-order valence-corrected chi connectivity index (χ1v) is 4.46. The minimum atomic E-state index is -4.47. The quantitative estimate of drug-likeness (QED) is 0.727. The van der Waals surface area contributed by atoms with E-state index in [0.717, 1.165) is 12.0 Å². The lowest BCUT2D eigenvalue weighted by atomic mass is 10.0. The van der Waals surface area contributed by atoms with Crippen LogP contribution in [0.25, 0.3) is 0 Å². The third-order valence-corrected chi connectivity index (χ3v) is 2.67. The zero-order chi connectivity index (χ0) is 11.7. The minimum Gasteiger partial charge on any atom is -0.367 e. The van der Waals surface area contributed by atoms with Crippen molar-refractivity contribution in [1.29, 1.82) is 0 Å². The Morgan fingerprint density at radius 1 is 1.60 bits per heavy atom. The first-order valence-electron chi connectivity index (χ1n) is 4.46. The Bertz CT molecular complexity index is 257. The average molecular weight is 226 g/mol. The second kappa shape index (κ2) is 3.97. The number of hydrogen-bond donors (Lipinski definition) is 1. The summed E-state index contributed by atoms with van der Waals surface area (Å²) >= 11 is 0. The predicted octanol–water partition coefficient (Wildman–Crippen LogP) is 0.125. The Morgan fingerprint density at radius 2 is 2.20 bits per heavy atom. The molecule has 1 rings (SSSR count). The van der Waals surface area contributed by atoms with Crippen molar-refractivity contribution >= 4 is 5.91 Å². The van der Waals surface area contributed by atoms with Crippen LogP contribution in [0.5, 0.6) is 0 Å². The minimum absolute atomic E-state index is 0.0311. The standard InChI is InChI=1S/C8H13F3N2O2/c1-15-7(8(9,10)11)2-3-13(5-7)6(14)4-12/h2-5,12H2,1H3/t7-/m1/s1. The largest absolute Gasteiger partial charge is 0.419 e. The zero-order valence-electron chi connectivity index (χ0n) is 8.30. The number of carbonyl (C=O) groups is 1. The molecule has 4 nitrogen and oxygen atoms in total. The number of rotatable bonds is 2. The molecule has 0 bridgehead atoms. The molecule has 1 atom stereocenters. The van der Waals surface area contributed by atoms with E-state index in [1.165, 1.54) is 0 Å². The van der Waals surface area contributed by atoms with Crippen LogP contribution >= 0.6 is 0 Å². The van der Waals surface area contributed by atoms with Gasteiger partial charge in [-0.3, -0.25) is 4.79 Å². The zero-order valence-corrected chi connectivity index (χ0v) is 8.30. The Hall–Kier alpha value is -0.820. The molecule has 88 valence electrons. The van der Waals surface area contributed by atoms with Gasteiger partial charge < -0.3 is 15.4 Å². The van der Waals surface area contributed by atoms with Crippen LogP contribution in [-0.2, 0) is 9.53 Å². The highest BCUT2D eigenvalue weighted by Gasteiger charge is 2.59. The van der Waals surface area contributed by atoms with Gasteiger partial charge in [0.1, 0.15) is 0 Å². The molecular weight excluding hydrogens is 213 g/mol. The topological polar surface area (TPSA) is 55.6 Å². The summed E-state index contributed by atoms with van der Waals surface area (Å²) in [7, 11) is 1.00. The number of likely N-dealkylation sites (tertiary alicyclic amines) is 1. The monoisotopic (exact) mass is 226 g/mol. The third kappa shape index (κ3) is 2.07. The second-order valence-corrected chi connectivity index (χ2v) is 3.47. The van der Waals surface area contributed by atoms with Crippen molar-refractivity contribution in [2.75, 3.05) is 26.7 Å². The molecule has 0 saturated carbocycles. The highest BCUT2D eigenvalue weighted by Crippen LogP contribution is 2.40. The van der Waals surface area contributed by atoms with Crippen LogP contribution in [0.2, 0.25) is 0 Å². The molecule has 7 heteroatoms. The number of amides is 1. The van der Waals surface area contributed by atoms with E-state index in [9.17, 15) is 18.0 Å². The van der Waals surface area contributed by atoms with Gasteiger partial charge in [0.05, 0.1) is 13.1 Å². The summed E-state index contributed by atoms with van der Waals surface area (Å²) in [6, 6.07) is 0. The molecule has 1 saturated heterocycles. The Morgan fingerprint density at radius 3 is 2.53 bits per heavy atom. The first-order chi connectivity index (χ1) is 6.86. The molecule has 1 aliphatic rings. The van der Waals surface area contributed by atoms with Gasteiger partial charge in [-0.1, -0.05) is 0 Å². The molecular formula is C8H13F3N2O2. The van der Waals surface area contributed by atoms with Crippen LogP contribution in [0.4, 0.5) is 13.2 Å². The van der Waals surface area contributed by atoms with Gasteiger partial charge >= 0.3 is 6.18 Å². The highest BCUT2D eigenvalue weighted by molar-refractivity contribution is 5.78. The fraction of sp³-hybridized carbons (Fsp3) is 0.875. The maximum Gasteiger partial charge on any atom is 0.419 e. The van der Waals surface area contributed by atoms with E-state index in [1.807, 2.05) is 0 Å². The van der Waals surface area contributed by atoms with Crippen LogP contribution in [-0.4, -0.2) is 49.3 Å². The van der Waals surface area contributed by atoms with Gasteiger partial charge in [-0.25, -0.2) is 0 Å². The van der Waals surface area contributed by atoms with Gasteiger partial charge in [0, 0.05) is 20.1 Å². The van der Waals surface area contributed by atoms with Gasteiger partial charge in [-0.05, 0) is 0 Å². The van der Waals surface area contributed by atoms with E-state index in [1.54, 1.807) is 0 Å². The van der Waals surface area contributed by atoms with Crippen LogP contribution in [0.3, 0.4) is 0 Å². The Balaban J connectivity index is 2.78. The molecule has 0 aromatic heterocycles. The van der Waals surface area contributed by atoms with E-state index in [-0.39, 0.29) is 19.5 Å². The van der Waals surface area contributed by atoms with E-state index in [4.69, 9.17) is 5.73 Å². The second-order valence-electron chi connectivity index (χ2n) is 3.47. The van der Waals surface area contributed by atoms with E-state index < -0.39 is 24.2 Å². The van der Waals surface area contributed by atoms with Crippen molar-refractivity contribution in [3.8, 4) is 0 Å². The lowest BCUT2D eigenvalue weighted by molar-refractivity contribution is -0.263. The highest BCUT2D eigenvalue weighted by atomic mass is 19.4. The number of halogens is 3. The molecule has 0 aliphatic carbocycles. The van der Waals surface area contributed by atoms with Gasteiger partial charge in [-0.15, -0.1) is 0 Å². The lowest BCUT2D eigenvalue weighted by Gasteiger charge is -2.30. The van der Waals surface area contributed by atoms with Crippen molar-refractivity contribution in [3.05, 3.63) is 0 Å². The number of hydrogen-bond acceptors (Lipinski definition) is 3. The normalized spacial score (nSPS) is 27.1. The van der Waals surface area contributed by atoms with Gasteiger partial charge in [0.25, 0.3) is 0 Å².